The first-order valence-corrected chi connectivity index (χ1v) is 9.06. The van der Waals surface area contributed by atoms with Crippen LogP contribution in [-0.4, -0.2) is 26.2 Å². The Balaban J connectivity index is 2.08. The molecule has 2 aromatic carbocycles. The molecule has 8 heteroatoms. The Bertz CT molecular complexity index is 786. The molecule has 0 atom stereocenters. The highest BCUT2D eigenvalue weighted by molar-refractivity contribution is 9.10. The predicted molar refractivity (Wildman–Crippen MR) is 101 cm³/mol. The molecular formula is C19H20BrF2NO4. The van der Waals surface area contributed by atoms with E-state index in [2.05, 4.69) is 26.0 Å². The summed E-state index contributed by atoms with van der Waals surface area (Å²) in [6, 6.07) is 9.38. The topological polar surface area (TPSA) is 56.8 Å². The molecule has 0 aliphatic heterocycles. The van der Waals surface area contributed by atoms with Crippen molar-refractivity contribution in [2.75, 3.05) is 13.7 Å². The Morgan fingerprint density at radius 2 is 2.04 bits per heavy atom. The number of carbonyl (C=O) groups is 1. The van der Waals surface area contributed by atoms with Crippen LogP contribution in [0.1, 0.15) is 29.3 Å². The second kappa shape index (κ2) is 10.1. The summed E-state index contributed by atoms with van der Waals surface area (Å²) in [5.41, 5.74) is 1.01. The molecule has 146 valence electrons. The summed E-state index contributed by atoms with van der Waals surface area (Å²) in [5, 5.41) is 2.74. The van der Waals surface area contributed by atoms with Gasteiger partial charge >= 0.3 is 6.61 Å². The van der Waals surface area contributed by atoms with Gasteiger partial charge < -0.3 is 19.5 Å². The van der Waals surface area contributed by atoms with Gasteiger partial charge in [0.1, 0.15) is 5.75 Å². The number of alkyl halides is 2. The third-order valence-corrected chi connectivity index (χ3v) is 4.11. The van der Waals surface area contributed by atoms with Crippen molar-refractivity contribution in [1.82, 2.24) is 5.32 Å². The zero-order valence-corrected chi connectivity index (χ0v) is 16.5. The van der Waals surface area contributed by atoms with Gasteiger partial charge in [-0.05, 0) is 52.2 Å². The van der Waals surface area contributed by atoms with E-state index in [0.29, 0.717) is 33.7 Å². The molecule has 0 aliphatic carbocycles. The van der Waals surface area contributed by atoms with E-state index in [9.17, 15) is 13.6 Å². The Hall–Kier alpha value is -2.35. The maximum atomic E-state index is 12.4. The van der Waals surface area contributed by atoms with Gasteiger partial charge in [0.15, 0.2) is 11.5 Å². The SMILES string of the molecule is CCCOc1c(Br)cc(C(=O)NCc2cccc(OC(F)F)c2)cc1OC. The van der Waals surface area contributed by atoms with Gasteiger partial charge in [-0.2, -0.15) is 8.78 Å². The van der Waals surface area contributed by atoms with Crippen molar-refractivity contribution in [3.63, 3.8) is 0 Å². The minimum atomic E-state index is -2.90. The summed E-state index contributed by atoms with van der Waals surface area (Å²) in [4.78, 5) is 12.4. The van der Waals surface area contributed by atoms with Crippen LogP contribution in [0, 0.1) is 0 Å². The number of rotatable bonds is 9. The molecular weight excluding hydrogens is 424 g/mol. The third-order valence-electron chi connectivity index (χ3n) is 3.52. The highest BCUT2D eigenvalue weighted by Crippen LogP contribution is 2.36. The van der Waals surface area contributed by atoms with E-state index in [1.54, 1.807) is 24.3 Å². The van der Waals surface area contributed by atoms with Crippen LogP contribution in [0.25, 0.3) is 0 Å². The van der Waals surface area contributed by atoms with Crippen molar-refractivity contribution in [2.24, 2.45) is 0 Å². The Morgan fingerprint density at radius 3 is 2.70 bits per heavy atom. The average molecular weight is 444 g/mol. The molecule has 0 spiro atoms. The Morgan fingerprint density at radius 1 is 1.26 bits per heavy atom. The quantitative estimate of drug-likeness (QED) is 0.605. The third kappa shape index (κ3) is 6.09. The smallest absolute Gasteiger partial charge is 0.387 e. The van der Waals surface area contributed by atoms with Crippen molar-refractivity contribution < 1.29 is 27.8 Å². The lowest BCUT2D eigenvalue weighted by Crippen LogP contribution is -2.23. The Labute approximate surface area is 164 Å². The molecule has 0 aliphatic rings. The molecule has 0 bridgehead atoms. The fraction of sp³-hybridized carbons (Fsp3) is 0.316. The van der Waals surface area contributed by atoms with Crippen LogP contribution in [0.3, 0.4) is 0 Å². The molecule has 0 fully saturated rings. The van der Waals surface area contributed by atoms with Crippen LogP contribution in [0.15, 0.2) is 40.9 Å². The second-order valence-corrected chi connectivity index (χ2v) is 6.40. The number of amides is 1. The molecule has 0 heterocycles. The summed E-state index contributed by atoms with van der Waals surface area (Å²) < 4.78 is 40.5. The molecule has 27 heavy (non-hydrogen) atoms. The first-order chi connectivity index (χ1) is 12.9. The zero-order valence-electron chi connectivity index (χ0n) is 14.9. The second-order valence-electron chi connectivity index (χ2n) is 5.55. The summed E-state index contributed by atoms with van der Waals surface area (Å²) in [5.74, 6) is 0.679. The minimum Gasteiger partial charge on any atom is -0.493 e. The van der Waals surface area contributed by atoms with Crippen LogP contribution in [-0.2, 0) is 6.54 Å². The highest BCUT2D eigenvalue weighted by atomic mass is 79.9. The molecule has 0 unspecified atom stereocenters. The number of hydrogen-bond acceptors (Lipinski definition) is 4. The number of halogens is 3. The molecule has 0 aromatic heterocycles. The number of nitrogens with one attached hydrogen (secondary N) is 1. The lowest BCUT2D eigenvalue weighted by atomic mass is 10.1. The number of benzene rings is 2. The maximum Gasteiger partial charge on any atom is 0.387 e. The molecule has 0 saturated heterocycles. The van der Waals surface area contributed by atoms with Gasteiger partial charge in [-0.25, -0.2) is 0 Å². The average Bonchev–Trinajstić information content (AvgIpc) is 2.64. The van der Waals surface area contributed by atoms with Gasteiger partial charge in [0, 0.05) is 12.1 Å². The van der Waals surface area contributed by atoms with Crippen molar-refractivity contribution in [2.45, 2.75) is 26.5 Å². The van der Waals surface area contributed by atoms with Crippen molar-refractivity contribution in [3.05, 3.63) is 52.0 Å². The predicted octanol–water partition coefficient (Wildman–Crippen LogP) is 4.78. The zero-order chi connectivity index (χ0) is 19.8. The molecule has 1 amide bonds. The number of carbonyl (C=O) groups excluding carboxylic acids is 1. The molecule has 5 nitrogen and oxygen atoms in total. The van der Waals surface area contributed by atoms with E-state index < -0.39 is 6.61 Å². The van der Waals surface area contributed by atoms with Gasteiger partial charge in [0.25, 0.3) is 5.91 Å². The van der Waals surface area contributed by atoms with Crippen LogP contribution < -0.4 is 19.5 Å². The van der Waals surface area contributed by atoms with E-state index >= 15 is 0 Å². The molecule has 2 aromatic rings. The molecule has 0 saturated carbocycles. The van der Waals surface area contributed by atoms with E-state index in [1.165, 1.54) is 19.2 Å². The van der Waals surface area contributed by atoms with E-state index in [4.69, 9.17) is 9.47 Å². The lowest BCUT2D eigenvalue weighted by molar-refractivity contribution is -0.0498. The summed E-state index contributed by atoms with van der Waals surface area (Å²) in [7, 11) is 1.50. The number of ether oxygens (including phenoxy) is 3. The number of hydrogen-bond donors (Lipinski definition) is 1. The minimum absolute atomic E-state index is 0.0404. The maximum absolute atomic E-state index is 12.4. The van der Waals surface area contributed by atoms with Crippen molar-refractivity contribution >= 4 is 21.8 Å². The Kier molecular flexibility index (Phi) is 7.84. The highest BCUT2D eigenvalue weighted by Gasteiger charge is 2.15. The van der Waals surface area contributed by atoms with Gasteiger partial charge in [-0.3, -0.25) is 4.79 Å². The first-order valence-electron chi connectivity index (χ1n) is 8.26. The van der Waals surface area contributed by atoms with Crippen LogP contribution in [0.2, 0.25) is 0 Å². The van der Waals surface area contributed by atoms with Gasteiger partial charge in [0.2, 0.25) is 0 Å². The molecule has 1 N–H and O–H groups in total. The van der Waals surface area contributed by atoms with Crippen LogP contribution in [0.4, 0.5) is 8.78 Å². The summed E-state index contributed by atoms with van der Waals surface area (Å²) in [6.07, 6.45) is 0.839. The van der Waals surface area contributed by atoms with Crippen LogP contribution >= 0.6 is 15.9 Å². The van der Waals surface area contributed by atoms with Gasteiger partial charge in [-0.1, -0.05) is 19.1 Å². The normalized spacial score (nSPS) is 10.6. The summed E-state index contributed by atoms with van der Waals surface area (Å²) in [6.45, 7) is -0.220. The van der Waals surface area contributed by atoms with Gasteiger partial charge in [0.05, 0.1) is 18.2 Å². The summed E-state index contributed by atoms with van der Waals surface area (Å²) >= 11 is 3.39. The van der Waals surface area contributed by atoms with Crippen molar-refractivity contribution in [1.29, 1.82) is 0 Å². The lowest BCUT2D eigenvalue weighted by Gasteiger charge is -2.14. The molecule has 0 radical (unpaired) electrons. The van der Waals surface area contributed by atoms with Crippen LogP contribution in [0.5, 0.6) is 17.2 Å². The monoisotopic (exact) mass is 443 g/mol. The largest absolute Gasteiger partial charge is 0.493 e. The first kappa shape index (κ1) is 21.0. The van der Waals surface area contributed by atoms with Gasteiger partial charge in [-0.15, -0.1) is 0 Å². The fourth-order valence-corrected chi connectivity index (χ4v) is 2.87. The fourth-order valence-electron chi connectivity index (χ4n) is 2.31. The number of methoxy groups -OCH3 is 1. The van der Waals surface area contributed by atoms with E-state index in [0.717, 1.165) is 6.42 Å². The molecule has 2 rings (SSSR count). The van der Waals surface area contributed by atoms with E-state index in [-0.39, 0.29) is 18.2 Å². The van der Waals surface area contributed by atoms with Crippen molar-refractivity contribution in [3.8, 4) is 17.2 Å². The van der Waals surface area contributed by atoms with E-state index in [1.807, 2.05) is 6.92 Å². The standard InChI is InChI=1S/C19H20BrF2NO4/c1-3-7-26-17-15(20)9-13(10-16(17)25-2)18(24)23-11-12-5-4-6-14(8-12)27-19(21)22/h4-6,8-10,19H,3,7,11H2,1-2H3,(H,23,24).